The average molecular weight is 477 g/mol. The van der Waals surface area contributed by atoms with E-state index in [0.717, 1.165) is 27.6 Å². The molecular formula is C24H14Cl2N4OS. The summed E-state index contributed by atoms with van der Waals surface area (Å²) in [5, 5.41) is 5.37. The van der Waals surface area contributed by atoms with Gasteiger partial charge in [-0.05, 0) is 65.4 Å². The van der Waals surface area contributed by atoms with Crippen LogP contribution in [0.5, 0.6) is 0 Å². The molecule has 5 rings (SSSR count). The summed E-state index contributed by atoms with van der Waals surface area (Å²) in [6.45, 7) is 0. The first kappa shape index (κ1) is 20.7. The summed E-state index contributed by atoms with van der Waals surface area (Å²) in [6.07, 6.45) is 7.17. The van der Waals surface area contributed by atoms with Crippen LogP contribution in [0.3, 0.4) is 0 Å². The number of carbonyl (C=O) groups excluding carboxylic acids is 1. The predicted molar refractivity (Wildman–Crippen MR) is 133 cm³/mol. The third-order valence-electron chi connectivity index (χ3n) is 4.85. The van der Waals surface area contributed by atoms with Crippen molar-refractivity contribution in [3.63, 3.8) is 0 Å². The van der Waals surface area contributed by atoms with Gasteiger partial charge in [0, 0.05) is 29.5 Å². The fourth-order valence-electron chi connectivity index (χ4n) is 3.37. The standard InChI is InChI=1S/C24H14Cl2N4OS/c25-18-4-1-5-19(26)22(18)29-24-30-23(31)21(32-24)12-14-6-7-20-17(11-14)16(8-10-28-20)15-3-2-9-27-13-15/h1-13H,(H,29,30,31). The summed E-state index contributed by atoms with van der Waals surface area (Å²) in [6, 6.07) is 17.0. The van der Waals surface area contributed by atoms with E-state index in [1.165, 1.54) is 11.8 Å². The first-order valence-corrected chi connectivity index (χ1v) is 11.2. The van der Waals surface area contributed by atoms with Crippen LogP contribution in [-0.2, 0) is 4.79 Å². The van der Waals surface area contributed by atoms with Crippen LogP contribution in [-0.4, -0.2) is 21.0 Å². The Labute approximate surface area is 198 Å². The Bertz CT molecular complexity index is 1400. The van der Waals surface area contributed by atoms with Crippen molar-refractivity contribution in [2.75, 3.05) is 5.32 Å². The van der Waals surface area contributed by atoms with Gasteiger partial charge in [-0.3, -0.25) is 14.8 Å². The van der Waals surface area contributed by atoms with Crippen molar-refractivity contribution in [2.24, 2.45) is 4.99 Å². The highest BCUT2D eigenvalue weighted by atomic mass is 35.5. The molecule has 0 aliphatic carbocycles. The smallest absolute Gasteiger partial charge is 0.286 e. The highest BCUT2D eigenvalue weighted by molar-refractivity contribution is 8.18. The third kappa shape index (κ3) is 4.12. The lowest BCUT2D eigenvalue weighted by atomic mass is 10.0. The van der Waals surface area contributed by atoms with Crippen molar-refractivity contribution in [1.82, 2.24) is 9.97 Å². The third-order valence-corrected chi connectivity index (χ3v) is 6.38. The van der Waals surface area contributed by atoms with Gasteiger partial charge in [0.15, 0.2) is 5.17 Å². The van der Waals surface area contributed by atoms with E-state index < -0.39 is 0 Å². The normalized spacial score (nSPS) is 14.8. The number of fused-ring (bicyclic) bond motifs is 1. The molecule has 2 aromatic heterocycles. The van der Waals surface area contributed by atoms with Crippen LogP contribution in [0, 0.1) is 0 Å². The van der Waals surface area contributed by atoms with E-state index in [0.29, 0.717) is 25.8 Å². The van der Waals surface area contributed by atoms with E-state index in [1.54, 1.807) is 30.6 Å². The maximum absolute atomic E-state index is 12.5. The molecule has 32 heavy (non-hydrogen) atoms. The summed E-state index contributed by atoms with van der Waals surface area (Å²) < 4.78 is 0. The Hall–Kier alpha value is -3.19. The van der Waals surface area contributed by atoms with Gasteiger partial charge in [-0.2, -0.15) is 4.99 Å². The number of aromatic nitrogens is 2. The monoisotopic (exact) mass is 476 g/mol. The summed E-state index contributed by atoms with van der Waals surface area (Å²) >= 11 is 13.7. The average Bonchev–Trinajstić information content (AvgIpc) is 3.15. The van der Waals surface area contributed by atoms with Crippen molar-refractivity contribution >= 4 is 68.7 Å². The Morgan fingerprint density at radius 3 is 2.59 bits per heavy atom. The van der Waals surface area contributed by atoms with Gasteiger partial charge in [0.05, 0.1) is 26.2 Å². The first-order chi connectivity index (χ1) is 15.6. The van der Waals surface area contributed by atoms with E-state index in [9.17, 15) is 4.79 Å². The Morgan fingerprint density at radius 2 is 1.81 bits per heavy atom. The van der Waals surface area contributed by atoms with Crippen molar-refractivity contribution in [3.8, 4) is 11.1 Å². The molecular weight excluding hydrogens is 463 g/mol. The molecule has 0 spiro atoms. The quantitative estimate of drug-likeness (QED) is 0.333. The van der Waals surface area contributed by atoms with E-state index >= 15 is 0 Å². The number of nitrogens with one attached hydrogen (secondary N) is 1. The molecule has 0 saturated carbocycles. The summed E-state index contributed by atoms with van der Waals surface area (Å²) in [5.74, 6) is -0.320. The second kappa shape index (κ2) is 8.74. The zero-order chi connectivity index (χ0) is 22.1. The largest absolute Gasteiger partial charge is 0.332 e. The maximum atomic E-state index is 12.5. The van der Waals surface area contributed by atoms with Crippen molar-refractivity contribution in [3.05, 3.63) is 93.7 Å². The first-order valence-electron chi connectivity index (χ1n) is 9.61. The van der Waals surface area contributed by atoms with Gasteiger partial charge in [-0.1, -0.05) is 41.4 Å². The van der Waals surface area contributed by atoms with Gasteiger partial charge in [0.25, 0.3) is 5.91 Å². The highest BCUT2D eigenvalue weighted by Crippen LogP contribution is 2.35. The zero-order valence-electron chi connectivity index (χ0n) is 16.4. The number of nitrogens with zero attached hydrogens (tertiary/aromatic N) is 3. The fraction of sp³-hybridized carbons (Fsp3) is 0. The van der Waals surface area contributed by atoms with Crippen LogP contribution in [0.1, 0.15) is 5.56 Å². The molecule has 1 amide bonds. The van der Waals surface area contributed by atoms with Crippen molar-refractivity contribution in [2.45, 2.75) is 0 Å². The number of aliphatic imine (C=N–C) groups is 1. The molecule has 0 atom stereocenters. The van der Waals surface area contributed by atoms with E-state index in [1.807, 2.05) is 48.7 Å². The molecule has 1 aliphatic heterocycles. The van der Waals surface area contributed by atoms with E-state index in [4.69, 9.17) is 23.2 Å². The molecule has 0 fully saturated rings. The van der Waals surface area contributed by atoms with Crippen LogP contribution in [0.2, 0.25) is 10.0 Å². The van der Waals surface area contributed by atoms with Gasteiger partial charge in [-0.25, -0.2) is 0 Å². The Balaban J connectivity index is 1.45. The molecule has 0 radical (unpaired) electrons. The zero-order valence-corrected chi connectivity index (χ0v) is 18.7. The van der Waals surface area contributed by atoms with Gasteiger partial charge >= 0.3 is 0 Å². The minimum absolute atomic E-state index is 0.320. The number of anilines is 1. The maximum Gasteiger partial charge on any atom is 0.286 e. The number of hydrogen-bond donors (Lipinski definition) is 1. The van der Waals surface area contributed by atoms with Crippen LogP contribution in [0.25, 0.3) is 28.1 Å². The van der Waals surface area contributed by atoms with Crippen LogP contribution in [0.15, 0.2) is 83.1 Å². The van der Waals surface area contributed by atoms with Crippen LogP contribution < -0.4 is 5.32 Å². The molecule has 4 aromatic rings. The molecule has 0 bridgehead atoms. The van der Waals surface area contributed by atoms with Crippen LogP contribution in [0.4, 0.5) is 5.69 Å². The lowest BCUT2D eigenvalue weighted by Gasteiger charge is -2.08. The second-order valence-corrected chi connectivity index (χ2v) is 8.78. The second-order valence-electron chi connectivity index (χ2n) is 6.93. The number of carbonyl (C=O) groups is 1. The lowest BCUT2D eigenvalue weighted by Crippen LogP contribution is -2.05. The molecule has 156 valence electrons. The number of hydrogen-bond acceptors (Lipinski definition) is 5. The number of amidine groups is 1. The number of pyridine rings is 2. The molecule has 1 N–H and O–H groups in total. The van der Waals surface area contributed by atoms with Crippen molar-refractivity contribution < 1.29 is 4.79 Å². The number of thioether (sulfide) groups is 1. The molecule has 0 unspecified atom stereocenters. The number of rotatable bonds is 3. The summed E-state index contributed by atoms with van der Waals surface area (Å²) in [5.41, 5.74) is 4.29. The minimum Gasteiger partial charge on any atom is -0.332 e. The number of halogens is 2. The van der Waals surface area contributed by atoms with Gasteiger partial charge < -0.3 is 5.32 Å². The number of benzene rings is 2. The van der Waals surface area contributed by atoms with Gasteiger partial charge in [0.2, 0.25) is 0 Å². The Morgan fingerprint density at radius 1 is 0.969 bits per heavy atom. The van der Waals surface area contributed by atoms with Gasteiger partial charge in [0.1, 0.15) is 0 Å². The minimum atomic E-state index is -0.320. The molecule has 2 aromatic carbocycles. The van der Waals surface area contributed by atoms with Gasteiger partial charge in [-0.15, -0.1) is 0 Å². The molecule has 5 nitrogen and oxygen atoms in total. The van der Waals surface area contributed by atoms with E-state index in [-0.39, 0.29) is 5.91 Å². The SMILES string of the molecule is O=C1N=C(Nc2c(Cl)cccc2Cl)SC1=Cc1ccc2nccc(-c3cccnc3)c2c1. The predicted octanol–water partition coefficient (Wildman–Crippen LogP) is 6.69. The molecule has 8 heteroatoms. The number of para-hydroxylation sites is 1. The van der Waals surface area contributed by atoms with E-state index in [2.05, 4.69) is 20.3 Å². The molecule has 3 heterocycles. The van der Waals surface area contributed by atoms with Crippen LogP contribution >= 0.6 is 35.0 Å². The molecule has 0 saturated heterocycles. The fourth-order valence-corrected chi connectivity index (χ4v) is 4.68. The summed E-state index contributed by atoms with van der Waals surface area (Å²) in [4.78, 5) is 25.8. The van der Waals surface area contributed by atoms with Crippen molar-refractivity contribution in [1.29, 1.82) is 0 Å². The topological polar surface area (TPSA) is 67.2 Å². The Kier molecular flexibility index (Phi) is 5.66. The lowest BCUT2D eigenvalue weighted by molar-refractivity contribution is -0.113. The number of amides is 1. The highest BCUT2D eigenvalue weighted by Gasteiger charge is 2.23. The summed E-state index contributed by atoms with van der Waals surface area (Å²) in [7, 11) is 0. The molecule has 1 aliphatic rings.